The maximum atomic E-state index is 9.00. The van der Waals surface area contributed by atoms with E-state index in [1.54, 1.807) is 13.8 Å². The van der Waals surface area contributed by atoms with Crippen molar-refractivity contribution in [2.45, 2.75) is 90.6 Å². The highest BCUT2D eigenvalue weighted by Gasteiger charge is 2.02. The summed E-state index contributed by atoms with van der Waals surface area (Å²) in [5.74, 6) is 0. The van der Waals surface area contributed by atoms with Gasteiger partial charge < -0.3 is 20.4 Å². The number of hydrogen-bond donors (Lipinski definition) is 4. The Morgan fingerprint density at radius 2 is 0.889 bits per heavy atom. The van der Waals surface area contributed by atoms with Gasteiger partial charge in [0.05, 0.1) is 24.4 Å². The van der Waals surface area contributed by atoms with Crippen molar-refractivity contribution in [3.05, 3.63) is 0 Å². The lowest BCUT2D eigenvalue weighted by atomic mass is 10.1. The molecule has 0 aliphatic carbocycles. The normalized spacial score (nSPS) is 17.3. The molecule has 0 aliphatic rings. The van der Waals surface area contributed by atoms with Crippen molar-refractivity contribution in [3.63, 3.8) is 0 Å². The average molecular weight is 264 g/mol. The van der Waals surface area contributed by atoms with Crippen molar-refractivity contribution < 1.29 is 20.4 Å². The molecule has 18 heavy (non-hydrogen) atoms. The van der Waals surface area contributed by atoms with Crippen molar-refractivity contribution in [1.29, 1.82) is 0 Å². The Morgan fingerprint density at radius 3 is 1.06 bits per heavy atom. The first kappa shape index (κ1) is 20.2. The van der Waals surface area contributed by atoms with Crippen LogP contribution in [0.2, 0.25) is 0 Å². The molecule has 0 radical (unpaired) electrons. The monoisotopic (exact) mass is 264 g/mol. The first-order valence-corrected chi connectivity index (χ1v) is 7.05. The Balaban J connectivity index is 0. The number of hydrogen-bond acceptors (Lipinski definition) is 4. The molecule has 0 spiro atoms. The van der Waals surface area contributed by atoms with E-state index in [-0.39, 0.29) is 24.4 Å². The van der Waals surface area contributed by atoms with Crippen LogP contribution < -0.4 is 0 Å². The van der Waals surface area contributed by atoms with Crippen LogP contribution in [0.3, 0.4) is 0 Å². The zero-order valence-electron chi connectivity index (χ0n) is 12.3. The van der Waals surface area contributed by atoms with Gasteiger partial charge in [-0.2, -0.15) is 0 Å². The molecular formula is C14H32O4. The molecule has 0 saturated carbocycles. The standard InChI is InChI=1S/2C7H16O2/c2*1-3-7(9)5-4-6(2)8/h2*6-9H,3-5H2,1-2H3. The van der Waals surface area contributed by atoms with Crippen LogP contribution in [0, 0.1) is 0 Å². The molecule has 0 rings (SSSR count). The quantitative estimate of drug-likeness (QED) is 0.539. The van der Waals surface area contributed by atoms with E-state index in [2.05, 4.69) is 0 Å². The Kier molecular flexibility index (Phi) is 14.9. The SMILES string of the molecule is CCC(O)CCC(C)O.CCC(O)CCC(C)O. The van der Waals surface area contributed by atoms with Crippen molar-refractivity contribution in [3.8, 4) is 0 Å². The van der Waals surface area contributed by atoms with Crippen molar-refractivity contribution in [1.82, 2.24) is 0 Å². The van der Waals surface area contributed by atoms with Gasteiger partial charge in [0.15, 0.2) is 0 Å². The second-order valence-corrected chi connectivity index (χ2v) is 4.98. The van der Waals surface area contributed by atoms with Gasteiger partial charge in [0.25, 0.3) is 0 Å². The van der Waals surface area contributed by atoms with Crippen LogP contribution in [0.25, 0.3) is 0 Å². The molecule has 4 unspecified atom stereocenters. The van der Waals surface area contributed by atoms with Gasteiger partial charge in [-0.05, 0) is 52.4 Å². The largest absolute Gasteiger partial charge is 0.393 e. The van der Waals surface area contributed by atoms with E-state index in [9.17, 15) is 0 Å². The number of rotatable bonds is 8. The van der Waals surface area contributed by atoms with Gasteiger partial charge in [0.1, 0.15) is 0 Å². The van der Waals surface area contributed by atoms with Gasteiger partial charge in [-0.3, -0.25) is 0 Å². The molecule has 4 N–H and O–H groups in total. The molecule has 0 amide bonds. The fourth-order valence-corrected chi connectivity index (χ4v) is 1.28. The summed E-state index contributed by atoms with van der Waals surface area (Å²) in [4.78, 5) is 0. The maximum Gasteiger partial charge on any atom is 0.0538 e. The molecule has 0 aromatic rings. The molecule has 0 saturated heterocycles. The second-order valence-electron chi connectivity index (χ2n) is 4.98. The smallest absolute Gasteiger partial charge is 0.0538 e. The lowest BCUT2D eigenvalue weighted by molar-refractivity contribution is 0.120. The molecule has 0 aromatic carbocycles. The van der Waals surface area contributed by atoms with Crippen LogP contribution in [0.15, 0.2) is 0 Å². The third-order valence-corrected chi connectivity index (χ3v) is 2.78. The van der Waals surface area contributed by atoms with Gasteiger partial charge in [0, 0.05) is 0 Å². The fourth-order valence-electron chi connectivity index (χ4n) is 1.28. The highest BCUT2D eigenvalue weighted by Crippen LogP contribution is 2.03. The molecule has 4 heteroatoms. The minimum absolute atomic E-state index is 0.223. The zero-order chi connectivity index (χ0) is 14.6. The Morgan fingerprint density at radius 1 is 0.611 bits per heavy atom. The van der Waals surface area contributed by atoms with E-state index < -0.39 is 0 Å². The third-order valence-electron chi connectivity index (χ3n) is 2.78. The van der Waals surface area contributed by atoms with Gasteiger partial charge >= 0.3 is 0 Å². The Hall–Kier alpha value is -0.160. The Bertz CT molecular complexity index is 142. The molecule has 4 atom stereocenters. The molecule has 0 aliphatic heterocycles. The second kappa shape index (κ2) is 13.3. The van der Waals surface area contributed by atoms with E-state index in [1.807, 2.05) is 13.8 Å². The maximum absolute atomic E-state index is 9.00. The molecular weight excluding hydrogens is 232 g/mol. The number of aliphatic hydroxyl groups is 4. The van der Waals surface area contributed by atoms with E-state index >= 15 is 0 Å². The minimum atomic E-state index is -0.272. The van der Waals surface area contributed by atoms with Gasteiger partial charge in [-0.25, -0.2) is 0 Å². The Labute approximate surface area is 112 Å². The molecule has 0 aromatic heterocycles. The van der Waals surface area contributed by atoms with E-state index in [4.69, 9.17) is 20.4 Å². The minimum Gasteiger partial charge on any atom is -0.393 e. The van der Waals surface area contributed by atoms with Crippen molar-refractivity contribution >= 4 is 0 Å². The van der Waals surface area contributed by atoms with Crippen molar-refractivity contribution in [2.24, 2.45) is 0 Å². The summed E-state index contributed by atoms with van der Waals surface area (Å²) in [5.41, 5.74) is 0. The van der Waals surface area contributed by atoms with Crippen LogP contribution in [0.4, 0.5) is 0 Å². The fraction of sp³-hybridized carbons (Fsp3) is 1.00. The summed E-state index contributed by atoms with van der Waals surface area (Å²) in [6.45, 7) is 7.35. The van der Waals surface area contributed by atoms with Crippen molar-refractivity contribution in [2.75, 3.05) is 0 Å². The molecule has 112 valence electrons. The van der Waals surface area contributed by atoms with Gasteiger partial charge in [-0.1, -0.05) is 13.8 Å². The van der Waals surface area contributed by atoms with Gasteiger partial charge in [0.2, 0.25) is 0 Å². The lowest BCUT2D eigenvalue weighted by Gasteiger charge is -2.07. The van der Waals surface area contributed by atoms with E-state index in [1.165, 1.54) is 0 Å². The van der Waals surface area contributed by atoms with Crippen LogP contribution in [-0.2, 0) is 0 Å². The zero-order valence-corrected chi connectivity index (χ0v) is 12.3. The summed E-state index contributed by atoms with van der Waals surface area (Å²) < 4.78 is 0. The van der Waals surface area contributed by atoms with Crippen LogP contribution >= 0.6 is 0 Å². The topological polar surface area (TPSA) is 80.9 Å². The average Bonchev–Trinajstić information content (AvgIpc) is 2.33. The first-order chi connectivity index (χ1) is 8.33. The summed E-state index contributed by atoms with van der Waals surface area (Å²) in [6.07, 6.45) is 3.42. The molecule has 4 nitrogen and oxygen atoms in total. The summed E-state index contributed by atoms with van der Waals surface area (Å²) in [6, 6.07) is 0. The third kappa shape index (κ3) is 18.2. The van der Waals surface area contributed by atoms with Crippen LogP contribution in [0.1, 0.15) is 66.2 Å². The number of aliphatic hydroxyl groups excluding tert-OH is 4. The van der Waals surface area contributed by atoms with Crippen LogP contribution in [0.5, 0.6) is 0 Å². The predicted octanol–water partition coefficient (Wildman–Crippen LogP) is 1.84. The lowest BCUT2D eigenvalue weighted by Crippen LogP contribution is -2.08. The molecule has 0 bridgehead atoms. The predicted molar refractivity (Wildman–Crippen MR) is 74.4 cm³/mol. The molecule has 0 heterocycles. The molecule has 0 fully saturated rings. The highest BCUT2D eigenvalue weighted by molar-refractivity contribution is 4.55. The summed E-state index contributed by atoms with van der Waals surface area (Å²) in [7, 11) is 0. The summed E-state index contributed by atoms with van der Waals surface area (Å²) in [5, 5.41) is 35.6. The van der Waals surface area contributed by atoms with E-state index in [0.29, 0.717) is 25.7 Å². The van der Waals surface area contributed by atoms with Gasteiger partial charge in [-0.15, -0.1) is 0 Å². The first-order valence-electron chi connectivity index (χ1n) is 7.05. The highest BCUT2D eigenvalue weighted by atomic mass is 16.3. The van der Waals surface area contributed by atoms with E-state index in [0.717, 1.165) is 12.8 Å². The van der Waals surface area contributed by atoms with Crippen LogP contribution in [-0.4, -0.2) is 44.8 Å². The summed E-state index contributed by atoms with van der Waals surface area (Å²) >= 11 is 0.